The number of fused-ring (bicyclic) bond motifs is 1. The molecule has 1 aliphatic carbocycles. The van der Waals surface area contributed by atoms with Gasteiger partial charge in [-0.1, -0.05) is 6.42 Å². The van der Waals surface area contributed by atoms with Crippen molar-refractivity contribution < 1.29 is 0 Å². The highest BCUT2D eigenvalue weighted by atomic mass is 16.1. The molecule has 1 fully saturated rings. The van der Waals surface area contributed by atoms with Gasteiger partial charge in [-0.25, -0.2) is 15.0 Å². The summed E-state index contributed by atoms with van der Waals surface area (Å²) >= 11 is 0. The Morgan fingerprint density at radius 1 is 1.08 bits per heavy atom. The van der Waals surface area contributed by atoms with Crippen LogP contribution in [0, 0.1) is 5.92 Å². The molecule has 3 heterocycles. The van der Waals surface area contributed by atoms with Gasteiger partial charge < -0.3 is 4.90 Å². The van der Waals surface area contributed by atoms with Crippen molar-refractivity contribution in [1.82, 2.24) is 19.5 Å². The maximum Gasteiger partial charge on any atom is 0.253 e. The predicted molar refractivity (Wildman–Crippen MR) is 96.7 cm³/mol. The SMILES string of the molecule is O=c1ccncn1CC1CCN(c2ncnc3c2CCCCC3)CC1. The van der Waals surface area contributed by atoms with E-state index < -0.39 is 0 Å². The standard InChI is InChI=1S/C19H25N5O/c25-18-6-9-20-14-24(18)12-15-7-10-23(11-8-15)19-16-4-2-1-3-5-17(16)21-13-22-19/h6,9,13-15H,1-5,7-8,10-12H2. The fraction of sp³-hybridized carbons (Fsp3) is 0.579. The lowest BCUT2D eigenvalue weighted by atomic mass is 9.96. The molecule has 0 atom stereocenters. The largest absolute Gasteiger partial charge is 0.356 e. The number of rotatable bonds is 3. The Morgan fingerprint density at radius 3 is 2.76 bits per heavy atom. The van der Waals surface area contributed by atoms with Crippen molar-refractivity contribution in [3.05, 3.63) is 46.5 Å². The summed E-state index contributed by atoms with van der Waals surface area (Å²) < 4.78 is 1.73. The molecule has 132 valence electrons. The topological polar surface area (TPSA) is 63.9 Å². The van der Waals surface area contributed by atoms with Gasteiger partial charge in [0.05, 0.1) is 6.33 Å². The molecule has 6 heteroatoms. The lowest BCUT2D eigenvalue weighted by Crippen LogP contribution is -2.37. The molecule has 0 bridgehead atoms. The zero-order chi connectivity index (χ0) is 17.1. The summed E-state index contributed by atoms with van der Waals surface area (Å²) in [4.78, 5) is 27.5. The van der Waals surface area contributed by atoms with E-state index in [1.807, 2.05) is 0 Å². The average molecular weight is 339 g/mol. The minimum Gasteiger partial charge on any atom is -0.356 e. The van der Waals surface area contributed by atoms with Gasteiger partial charge in [0.25, 0.3) is 5.56 Å². The molecule has 2 aromatic heterocycles. The maximum atomic E-state index is 11.9. The average Bonchev–Trinajstić information content (AvgIpc) is 2.90. The van der Waals surface area contributed by atoms with E-state index >= 15 is 0 Å². The molecule has 0 N–H and O–H groups in total. The van der Waals surface area contributed by atoms with Crippen LogP contribution in [0.2, 0.25) is 0 Å². The summed E-state index contributed by atoms with van der Waals surface area (Å²) in [5, 5.41) is 0. The Balaban J connectivity index is 1.44. The van der Waals surface area contributed by atoms with Gasteiger partial charge >= 0.3 is 0 Å². The van der Waals surface area contributed by atoms with Gasteiger partial charge in [-0.05, 0) is 44.4 Å². The van der Waals surface area contributed by atoms with Crippen LogP contribution in [0.5, 0.6) is 0 Å². The minimum absolute atomic E-state index is 0.0403. The number of hydrogen-bond donors (Lipinski definition) is 0. The number of aryl methyl sites for hydroxylation is 1. The number of aromatic nitrogens is 4. The highest BCUT2D eigenvalue weighted by Crippen LogP contribution is 2.29. The second-order valence-corrected chi connectivity index (χ2v) is 7.18. The van der Waals surface area contributed by atoms with Crippen molar-refractivity contribution in [3.63, 3.8) is 0 Å². The quantitative estimate of drug-likeness (QED) is 0.802. The molecule has 0 radical (unpaired) electrons. The third-order valence-electron chi connectivity index (χ3n) is 5.51. The molecule has 2 aliphatic rings. The zero-order valence-corrected chi connectivity index (χ0v) is 14.6. The van der Waals surface area contributed by atoms with E-state index in [-0.39, 0.29) is 5.56 Å². The summed E-state index contributed by atoms with van der Waals surface area (Å²) in [6.45, 7) is 2.77. The second-order valence-electron chi connectivity index (χ2n) is 7.18. The van der Waals surface area contributed by atoms with Crippen LogP contribution in [0.4, 0.5) is 5.82 Å². The Bertz CT molecular complexity index is 779. The van der Waals surface area contributed by atoms with Crippen LogP contribution in [0.15, 0.2) is 29.7 Å². The second kappa shape index (κ2) is 7.33. The molecular formula is C19H25N5O. The van der Waals surface area contributed by atoms with Crippen LogP contribution >= 0.6 is 0 Å². The third-order valence-corrected chi connectivity index (χ3v) is 5.51. The summed E-state index contributed by atoms with van der Waals surface area (Å²) in [5.41, 5.74) is 2.67. The Labute approximate surface area is 148 Å². The van der Waals surface area contributed by atoms with Gasteiger partial charge in [0.1, 0.15) is 12.1 Å². The molecular weight excluding hydrogens is 314 g/mol. The van der Waals surface area contributed by atoms with Crippen LogP contribution in [0.3, 0.4) is 0 Å². The first kappa shape index (κ1) is 16.2. The van der Waals surface area contributed by atoms with E-state index in [9.17, 15) is 4.79 Å². The van der Waals surface area contributed by atoms with Gasteiger partial charge in [0, 0.05) is 43.2 Å². The van der Waals surface area contributed by atoms with Gasteiger partial charge in [-0.2, -0.15) is 0 Å². The Kier molecular flexibility index (Phi) is 4.76. The van der Waals surface area contributed by atoms with Crippen LogP contribution < -0.4 is 10.5 Å². The number of nitrogens with zero attached hydrogens (tertiary/aromatic N) is 5. The fourth-order valence-electron chi connectivity index (χ4n) is 4.07. The maximum absolute atomic E-state index is 11.9. The zero-order valence-electron chi connectivity index (χ0n) is 14.6. The molecule has 1 aliphatic heterocycles. The minimum atomic E-state index is 0.0403. The van der Waals surface area contributed by atoms with E-state index in [1.54, 1.807) is 23.4 Å². The van der Waals surface area contributed by atoms with Crippen LogP contribution in [0.25, 0.3) is 0 Å². The van der Waals surface area contributed by atoms with E-state index in [2.05, 4.69) is 19.9 Å². The van der Waals surface area contributed by atoms with Crippen molar-refractivity contribution in [2.75, 3.05) is 18.0 Å². The van der Waals surface area contributed by atoms with Crippen molar-refractivity contribution >= 4 is 5.82 Å². The lowest BCUT2D eigenvalue weighted by molar-refractivity contribution is 0.350. The van der Waals surface area contributed by atoms with Crippen molar-refractivity contribution in [1.29, 1.82) is 0 Å². The Morgan fingerprint density at radius 2 is 1.92 bits per heavy atom. The van der Waals surface area contributed by atoms with Crippen LogP contribution in [-0.2, 0) is 19.4 Å². The molecule has 0 aromatic carbocycles. The van der Waals surface area contributed by atoms with Crippen molar-refractivity contribution in [3.8, 4) is 0 Å². The number of piperidine rings is 1. The first-order valence-electron chi connectivity index (χ1n) is 9.39. The first-order chi connectivity index (χ1) is 12.3. The summed E-state index contributed by atoms with van der Waals surface area (Å²) in [6, 6.07) is 1.53. The molecule has 25 heavy (non-hydrogen) atoms. The van der Waals surface area contributed by atoms with Crippen LogP contribution in [-0.4, -0.2) is 32.6 Å². The fourth-order valence-corrected chi connectivity index (χ4v) is 4.07. The predicted octanol–water partition coefficient (Wildman–Crippen LogP) is 2.22. The highest BCUT2D eigenvalue weighted by molar-refractivity contribution is 5.49. The molecule has 0 saturated carbocycles. The summed E-state index contributed by atoms with van der Waals surface area (Å²) in [6.07, 6.45) is 13.1. The van der Waals surface area contributed by atoms with Gasteiger partial charge in [-0.3, -0.25) is 9.36 Å². The molecule has 0 unspecified atom stereocenters. The summed E-state index contributed by atoms with van der Waals surface area (Å²) in [5.74, 6) is 1.68. The van der Waals surface area contributed by atoms with Gasteiger partial charge in [0.2, 0.25) is 0 Å². The highest BCUT2D eigenvalue weighted by Gasteiger charge is 2.24. The first-order valence-corrected chi connectivity index (χ1v) is 9.39. The molecule has 1 saturated heterocycles. The Hall–Kier alpha value is -2.24. The smallest absolute Gasteiger partial charge is 0.253 e. The van der Waals surface area contributed by atoms with Crippen molar-refractivity contribution in [2.45, 2.75) is 51.5 Å². The molecule has 0 spiro atoms. The molecule has 6 nitrogen and oxygen atoms in total. The number of anilines is 1. The monoisotopic (exact) mass is 339 g/mol. The third kappa shape index (κ3) is 3.57. The van der Waals surface area contributed by atoms with E-state index in [0.717, 1.165) is 51.1 Å². The van der Waals surface area contributed by atoms with Crippen molar-refractivity contribution in [2.24, 2.45) is 5.92 Å². The summed E-state index contributed by atoms with van der Waals surface area (Å²) in [7, 11) is 0. The van der Waals surface area contributed by atoms with Crippen LogP contribution in [0.1, 0.15) is 43.4 Å². The van der Waals surface area contributed by atoms with E-state index in [4.69, 9.17) is 0 Å². The molecule has 0 amide bonds. The molecule has 4 rings (SSSR count). The van der Waals surface area contributed by atoms with E-state index in [1.165, 1.54) is 36.6 Å². The lowest BCUT2D eigenvalue weighted by Gasteiger charge is -2.34. The van der Waals surface area contributed by atoms with Gasteiger partial charge in [-0.15, -0.1) is 0 Å². The van der Waals surface area contributed by atoms with E-state index in [0.29, 0.717) is 5.92 Å². The number of hydrogen-bond acceptors (Lipinski definition) is 5. The molecule has 2 aromatic rings. The van der Waals surface area contributed by atoms with Gasteiger partial charge in [0.15, 0.2) is 0 Å². The normalized spacial score (nSPS) is 18.6.